The van der Waals surface area contributed by atoms with Crippen LogP contribution in [0.3, 0.4) is 0 Å². The van der Waals surface area contributed by atoms with E-state index in [2.05, 4.69) is 25.5 Å². The van der Waals surface area contributed by atoms with E-state index < -0.39 is 5.91 Å². The van der Waals surface area contributed by atoms with Gasteiger partial charge in [-0.05, 0) is 30.7 Å². The number of amides is 1. The normalized spacial score (nSPS) is 11.1. The number of nitrogens with one attached hydrogen (secondary N) is 1. The van der Waals surface area contributed by atoms with E-state index in [0.717, 1.165) is 16.8 Å². The first-order valence-corrected chi connectivity index (χ1v) is 11.3. The van der Waals surface area contributed by atoms with Crippen LogP contribution in [0.4, 0.5) is 5.69 Å². The number of aromatic nitrogens is 5. The number of carbonyl (C=O) groups is 1. The molecule has 1 amide bonds. The minimum absolute atomic E-state index is 0.0512. The summed E-state index contributed by atoms with van der Waals surface area (Å²) in [5, 5.41) is 11.6. The number of anilines is 1. The van der Waals surface area contributed by atoms with Gasteiger partial charge in [0.05, 0.1) is 16.9 Å². The van der Waals surface area contributed by atoms with Crippen molar-refractivity contribution >= 4 is 11.6 Å². The topological polar surface area (TPSA) is 98.7 Å². The molecule has 1 N–H and O–H groups in total. The minimum Gasteiger partial charge on any atom is -0.334 e. The zero-order valence-corrected chi connectivity index (χ0v) is 19.6. The zero-order chi connectivity index (χ0) is 24.4. The number of hydrogen-bond acceptors (Lipinski definition) is 6. The molecule has 5 aromatic rings. The van der Waals surface area contributed by atoms with Gasteiger partial charge in [-0.2, -0.15) is 4.98 Å². The molecule has 0 radical (unpaired) electrons. The number of rotatable bonds is 6. The number of para-hydroxylation sites is 2. The molecule has 0 fully saturated rings. The van der Waals surface area contributed by atoms with Gasteiger partial charge >= 0.3 is 0 Å². The van der Waals surface area contributed by atoms with Crippen LogP contribution in [0.25, 0.3) is 28.5 Å². The third-order valence-electron chi connectivity index (χ3n) is 5.54. The average molecular weight is 465 g/mol. The summed E-state index contributed by atoms with van der Waals surface area (Å²) < 4.78 is 7.16. The summed E-state index contributed by atoms with van der Waals surface area (Å²) >= 11 is 0. The summed E-state index contributed by atoms with van der Waals surface area (Å²) in [6.07, 6.45) is 0. The summed E-state index contributed by atoms with van der Waals surface area (Å²) in [5.41, 5.74) is 3.73. The largest absolute Gasteiger partial charge is 0.334 e. The molecule has 0 spiro atoms. The van der Waals surface area contributed by atoms with E-state index in [9.17, 15) is 4.79 Å². The molecular weight excluding hydrogens is 440 g/mol. The zero-order valence-electron chi connectivity index (χ0n) is 19.6. The molecule has 8 heteroatoms. The van der Waals surface area contributed by atoms with E-state index in [-0.39, 0.29) is 11.7 Å². The number of benzene rings is 3. The quantitative estimate of drug-likeness (QED) is 0.348. The fourth-order valence-electron chi connectivity index (χ4n) is 3.69. The molecule has 0 unspecified atom stereocenters. The highest BCUT2D eigenvalue weighted by molar-refractivity contribution is 6.04. The van der Waals surface area contributed by atoms with Crippen LogP contribution in [-0.2, 0) is 0 Å². The SMILES string of the molecule is Cc1cccc(-c2nc(C(C)C)no2)c1NC(=O)c1nc(-c2ccccc2)n(-c2ccccc2)n1. The first kappa shape index (κ1) is 22.2. The minimum atomic E-state index is -0.434. The Kier molecular flexibility index (Phi) is 5.93. The van der Waals surface area contributed by atoms with Gasteiger partial charge in [0.1, 0.15) is 0 Å². The highest BCUT2D eigenvalue weighted by Crippen LogP contribution is 2.31. The molecule has 0 atom stereocenters. The number of carbonyl (C=O) groups excluding carboxylic acids is 1. The Hall–Kier alpha value is -4.59. The van der Waals surface area contributed by atoms with Crippen molar-refractivity contribution in [2.24, 2.45) is 0 Å². The molecular formula is C27H24N6O2. The lowest BCUT2D eigenvalue weighted by atomic mass is 10.1. The molecule has 2 aromatic heterocycles. The van der Waals surface area contributed by atoms with Crippen molar-refractivity contribution in [1.82, 2.24) is 24.9 Å². The second kappa shape index (κ2) is 9.34. The van der Waals surface area contributed by atoms with Crippen molar-refractivity contribution in [3.8, 4) is 28.5 Å². The fraction of sp³-hybridized carbons (Fsp3) is 0.148. The standard InChI is InChI=1S/C27H24N6O2/c1-17(2)23-30-27(35-32-23)21-16-10-11-18(3)22(21)28-26(34)24-29-25(19-12-6-4-7-13-19)33(31-24)20-14-8-5-9-15-20/h4-17H,1-3H3,(H,28,34). The molecule has 0 aliphatic heterocycles. The van der Waals surface area contributed by atoms with Gasteiger partial charge in [0.25, 0.3) is 11.8 Å². The molecule has 0 aliphatic carbocycles. The van der Waals surface area contributed by atoms with E-state index in [0.29, 0.717) is 28.8 Å². The molecule has 3 aromatic carbocycles. The third kappa shape index (κ3) is 4.46. The maximum Gasteiger partial charge on any atom is 0.295 e. The lowest BCUT2D eigenvalue weighted by molar-refractivity contribution is 0.101. The van der Waals surface area contributed by atoms with Crippen molar-refractivity contribution in [2.75, 3.05) is 5.32 Å². The number of nitrogens with zero attached hydrogens (tertiary/aromatic N) is 5. The van der Waals surface area contributed by atoms with Gasteiger partial charge in [-0.3, -0.25) is 4.79 Å². The molecule has 5 rings (SSSR count). The van der Waals surface area contributed by atoms with Crippen molar-refractivity contribution < 1.29 is 9.32 Å². The molecule has 0 bridgehead atoms. The van der Waals surface area contributed by atoms with Crippen LogP contribution in [0.5, 0.6) is 0 Å². The Balaban J connectivity index is 1.53. The Bertz CT molecular complexity index is 1420. The maximum atomic E-state index is 13.4. The second-order valence-electron chi connectivity index (χ2n) is 8.44. The lowest BCUT2D eigenvalue weighted by Crippen LogP contribution is -2.16. The van der Waals surface area contributed by atoms with Crippen molar-refractivity contribution in [3.05, 3.63) is 96.1 Å². The highest BCUT2D eigenvalue weighted by Gasteiger charge is 2.22. The highest BCUT2D eigenvalue weighted by atomic mass is 16.5. The smallest absolute Gasteiger partial charge is 0.295 e. The predicted molar refractivity (Wildman–Crippen MR) is 133 cm³/mol. The van der Waals surface area contributed by atoms with Crippen LogP contribution in [0.1, 0.15) is 41.8 Å². The summed E-state index contributed by atoms with van der Waals surface area (Å²) in [5.74, 6) is 1.27. The van der Waals surface area contributed by atoms with Gasteiger partial charge in [0, 0.05) is 11.5 Å². The summed E-state index contributed by atoms with van der Waals surface area (Å²) in [6, 6.07) is 24.9. The van der Waals surface area contributed by atoms with Gasteiger partial charge in [-0.25, -0.2) is 9.67 Å². The first-order chi connectivity index (χ1) is 17.0. The molecule has 0 saturated heterocycles. The van der Waals surface area contributed by atoms with Gasteiger partial charge in [0.2, 0.25) is 5.82 Å². The summed E-state index contributed by atoms with van der Waals surface area (Å²) in [4.78, 5) is 22.5. The predicted octanol–water partition coefficient (Wildman–Crippen LogP) is 5.67. The van der Waals surface area contributed by atoms with Gasteiger partial charge in [0.15, 0.2) is 11.6 Å². The van der Waals surface area contributed by atoms with E-state index in [1.54, 1.807) is 4.68 Å². The molecule has 0 aliphatic rings. The van der Waals surface area contributed by atoms with Gasteiger partial charge < -0.3 is 9.84 Å². The van der Waals surface area contributed by atoms with Crippen LogP contribution in [0.2, 0.25) is 0 Å². The van der Waals surface area contributed by atoms with Gasteiger partial charge in [-0.1, -0.05) is 79.7 Å². The fourth-order valence-corrected chi connectivity index (χ4v) is 3.69. The summed E-state index contributed by atoms with van der Waals surface area (Å²) in [7, 11) is 0. The Morgan fingerprint density at radius 3 is 2.31 bits per heavy atom. The number of aryl methyl sites for hydroxylation is 1. The molecule has 2 heterocycles. The molecule has 8 nitrogen and oxygen atoms in total. The first-order valence-electron chi connectivity index (χ1n) is 11.3. The molecule has 35 heavy (non-hydrogen) atoms. The second-order valence-corrected chi connectivity index (χ2v) is 8.44. The monoisotopic (exact) mass is 464 g/mol. The lowest BCUT2D eigenvalue weighted by Gasteiger charge is -2.10. The Labute approximate surface area is 202 Å². The van der Waals surface area contributed by atoms with Crippen LogP contribution >= 0.6 is 0 Å². The van der Waals surface area contributed by atoms with E-state index >= 15 is 0 Å². The van der Waals surface area contributed by atoms with E-state index in [1.807, 2.05) is 99.6 Å². The Morgan fingerprint density at radius 1 is 0.914 bits per heavy atom. The average Bonchev–Trinajstić information content (AvgIpc) is 3.55. The molecule has 0 saturated carbocycles. The van der Waals surface area contributed by atoms with Crippen LogP contribution in [-0.4, -0.2) is 30.8 Å². The van der Waals surface area contributed by atoms with Crippen LogP contribution in [0, 0.1) is 6.92 Å². The van der Waals surface area contributed by atoms with Gasteiger partial charge in [-0.15, -0.1) is 5.10 Å². The van der Waals surface area contributed by atoms with E-state index in [4.69, 9.17) is 4.52 Å². The van der Waals surface area contributed by atoms with Crippen molar-refractivity contribution in [1.29, 1.82) is 0 Å². The molecule has 174 valence electrons. The third-order valence-corrected chi connectivity index (χ3v) is 5.54. The van der Waals surface area contributed by atoms with E-state index in [1.165, 1.54) is 0 Å². The van der Waals surface area contributed by atoms with Crippen LogP contribution < -0.4 is 5.32 Å². The number of hydrogen-bond donors (Lipinski definition) is 1. The maximum absolute atomic E-state index is 13.4. The van der Waals surface area contributed by atoms with Crippen LogP contribution in [0.15, 0.2) is 83.4 Å². The van der Waals surface area contributed by atoms with Crippen molar-refractivity contribution in [3.63, 3.8) is 0 Å². The summed E-state index contributed by atoms with van der Waals surface area (Å²) in [6.45, 7) is 5.89. The van der Waals surface area contributed by atoms with Crippen molar-refractivity contribution in [2.45, 2.75) is 26.7 Å². The Morgan fingerprint density at radius 2 is 1.63 bits per heavy atom.